The lowest BCUT2D eigenvalue weighted by Crippen LogP contribution is -2.53. The van der Waals surface area contributed by atoms with Crippen molar-refractivity contribution in [2.75, 3.05) is 19.7 Å². The third kappa shape index (κ3) is 3.61. The molecule has 1 aliphatic rings. The molecule has 0 aliphatic carbocycles. The summed E-state index contributed by atoms with van der Waals surface area (Å²) in [5.41, 5.74) is 1.62. The Morgan fingerprint density at radius 2 is 2.24 bits per heavy atom. The maximum Gasteiger partial charge on any atom is 0.237 e. The van der Waals surface area contributed by atoms with Gasteiger partial charge in [0.25, 0.3) is 0 Å². The molecule has 0 bridgehead atoms. The minimum Gasteiger partial charge on any atom is -0.494 e. The Labute approximate surface area is 125 Å². The lowest BCUT2D eigenvalue weighted by atomic mass is 10.1. The molecule has 1 fully saturated rings. The normalized spacial score (nSPS) is 19.2. The van der Waals surface area contributed by atoms with Crippen LogP contribution in [-0.4, -0.2) is 42.3 Å². The number of hydrogen-bond acceptors (Lipinski definition) is 4. The van der Waals surface area contributed by atoms with E-state index in [0.717, 1.165) is 17.9 Å². The first-order valence-electron chi connectivity index (χ1n) is 7.31. The van der Waals surface area contributed by atoms with E-state index < -0.39 is 0 Å². The molecule has 0 spiro atoms. The molecule has 1 aromatic carbocycles. The number of ether oxygens (including phenoxy) is 1. The molecule has 1 saturated heterocycles. The number of ketones is 1. The van der Waals surface area contributed by atoms with Crippen molar-refractivity contribution in [1.29, 1.82) is 0 Å². The van der Waals surface area contributed by atoms with Crippen molar-refractivity contribution in [3.63, 3.8) is 0 Å². The second-order valence-electron chi connectivity index (χ2n) is 5.25. The Morgan fingerprint density at radius 3 is 2.90 bits per heavy atom. The summed E-state index contributed by atoms with van der Waals surface area (Å²) in [6, 6.07) is 5.31. The van der Waals surface area contributed by atoms with Gasteiger partial charge in [-0.1, -0.05) is 0 Å². The third-order valence-electron chi connectivity index (χ3n) is 3.77. The lowest BCUT2D eigenvalue weighted by Gasteiger charge is -2.33. The fraction of sp³-hybridized carbons (Fsp3) is 0.500. The first-order chi connectivity index (χ1) is 10.0. The van der Waals surface area contributed by atoms with Crippen LogP contribution >= 0.6 is 0 Å². The molecular formula is C16H22N2O3. The summed E-state index contributed by atoms with van der Waals surface area (Å²) in [7, 11) is 0. The highest BCUT2D eigenvalue weighted by Gasteiger charge is 2.26. The number of carbonyl (C=O) groups is 2. The summed E-state index contributed by atoms with van der Waals surface area (Å²) in [5, 5.41) is 2.85. The molecule has 0 saturated carbocycles. The monoisotopic (exact) mass is 290 g/mol. The van der Waals surface area contributed by atoms with E-state index in [2.05, 4.69) is 10.2 Å². The van der Waals surface area contributed by atoms with Crippen LogP contribution in [0.4, 0.5) is 0 Å². The summed E-state index contributed by atoms with van der Waals surface area (Å²) < 4.78 is 5.64. The fourth-order valence-electron chi connectivity index (χ4n) is 2.48. The van der Waals surface area contributed by atoms with Crippen LogP contribution in [0.1, 0.15) is 36.7 Å². The summed E-state index contributed by atoms with van der Waals surface area (Å²) >= 11 is 0. The standard InChI is InChI=1S/C16H22N2O3/c1-4-21-15-6-5-13(12(3)19)9-14(15)10-18-8-7-17-16(20)11(18)2/h5-6,9,11H,4,7-8,10H2,1-3H3,(H,17,20). The predicted octanol–water partition coefficient (Wildman–Crippen LogP) is 1.61. The van der Waals surface area contributed by atoms with Crippen molar-refractivity contribution < 1.29 is 14.3 Å². The molecule has 1 atom stereocenters. The molecular weight excluding hydrogens is 268 g/mol. The number of carbonyl (C=O) groups excluding carboxylic acids is 2. The summed E-state index contributed by atoms with van der Waals surface area (Å²) in [6.45, 7) is 8.00. The van der Waals surface area contributed by atoms with E-state index in [-0.39, 0.29) is 17.7 Å². The molecule has 0 aromatic heterocycles. The smallest absolute Gasteiger partial charge is 0.237 e. The van der Waals surface area contributed by atoms with Crippen molar-refractivity contribution in [1.82, 2.24) is 10.2 Å². The molecule has 1 amide bonds. The Kier molecular flexibility index (Phi) is 4.96. The van der Waals surface area contributed by atoms with Crippen LogP contribution in [0.5, 0.6) is 5.75 Å². The van der Waals surface area contributed by atoms with Gasteiger partial charge >= 0.3 is 0 Å². The van der Waals surface area contributed by atoms with Crippen molar-refractivity contribution in [3.05, 3.63) is 29.3 Å². The van der Waals surface area contributed by atoms with E-state index in [9.17, 15) is 9.59 Å². The van der Waals surface area contributed by atoms with Gasteiger partial charge < -0.3 is 10.1 Å². The largest absolute Gasteiger partial charge is 0.494 e. The van der Waals surface area contributed by atoms with E-state index in [1.807, 2.05) is 26.0 Å². The highest BCUT2D eigenvalue weighted by molar-refractivity contribution is 5.94. The number of amides is 1. The van der Waals surface area contributed by atoms with Gasteiger partial charge in [-0.05, 0) is 39.0 Å². The van der Waals surface area contributed by atoms with Gasteiger partial charge in [0.05, 0.1) is 12.6 Å². The zero-order chi connectivity index (χ0) is 15.4. The van der Waals surface area contributed by atoms with Crippen LogP contribution in [0.3, 0.4) is 0 Å². The maximum atomic E-state index is 11.7. The maximum absolute atomic E-state index is 11.7. The first kappa shape index (κ1) is 15.5. The molecule has 1 aromatic rings. The van der Waals surface area contributed by atoms with Crippen molar-refractivity contribution in [3.8, 4) is 5.75 Å². The number of rotatable bonds is 5. The second-order valence-corrected chi connectivity index (χ2v) is 5.25. The van der Waals surface area contributed by atoms with Gasteiger partial charge in [0, 0.05) is 30.8 Å². The molecule has 114 valence electrons. The van der Waals surface area contributed by atoms with E-state index in [1.165, 1.54) is 0 Å². The van der Waals surface area contributed by atoms with Gasteiger partial charge in [-0.15, -0.1) is 0 Å². The summed E-state index contributed by atoms with van der Waals surface area (Å²) in [4.78, 5) is 25.4. The minimum absolute atomic E-state index is 0.0312. The zero-order valence-corrected chi connectivity index (χ0v) is 12.8. The van der Waals surface area contributed by atoms with Crippen LogP contribution in [-0.2, 0) is 11.3 Å². The third-order valence-corrected chi connectivity index (χ3v) is 3.77. The second kappa shape index (κ2) is 6.72. The molecule has 5 nitrogen and oxygen atoms in total. The molecule has 0 radical (unpaired) electrons. The zero-order valence-electron chi connectivity index (χ0n) is 12.8. The molecule has 1 unspecified atom stereocenters. The SMILES string of the molecule is CCOc1ccc(C(C)=O)cc1CN1CCNC(=O)C1C. The number of nitrogens with zero attached hydrogens (tertiary/aromatic N) is 1. The number of hydrogen-bond donors (Lipinski definition) is 1. The number of nitrogens with one attached hydrogen (secondary N) is 1. The van der Waals surface area contributed by atoms with Crippen LogP contribution in [0.15, 0.2) is 18.2 Å². The topological polar surface area (TPSA) is 58.6 Å². The van der Waals surface area contributed by atoms with Crippen molar-refractivity contribution in [2.24, 2.45) is 0 Å². The van der Waals surface area contributed by atoms with Gasteiger partial charge in [0.1, 0.15) is 5.75 Å². The Bertz CT molecular complexity index is 542. The van der Waals surface area contributed by atoms with E-state index in [1.54, 1.807) is 13.0 Å². The molecule has 1 N–H and O–H groups in total. The summed E-state index contributed by atoms with van der Waals surface area (Å²) in [5.74, 6) is 0.853. The van der Waals surface area contributed by atoms with E-state index in [0.29, 0.717) is 25.3 Å². The van der Waals surface area contributed by atoms with Crippen molar-refractivity contribution in [2.45, 2.75) is 33.4 Å². The van der Waals surface area contributed by atoms with Crippen LogP contribution in [0.25, 0.3) is 0 Å². The summed E-state index contributed by atoms with van der Waals surface area (Å²) in [6.07, 6.45) is 0. The average Bonchev–Trinajstić information content (AvgIpc) is 2.45. The number of Topliss-reactive ketones (excluding diaryl/α,β-unsaturated/α-hetero) is 1. The van der Waals surface area contributed by atoms with E-state index in [4.69, 9.17) is 4.74 Å². The molecule has 5 heteroatoms. The highest BCUT2D eigenvalue weighted by Crippen LogP contribution is 2.23. The minimum atomic E-state index is -0.172. The Hall–Kier alpha value is -1.88. The molecule has 21 heavy (non-hydrogen) atoms. The molecule has 1 heterocycles. The number of piperazine rings is 1. The highest BCUT2D eigenvalue weighted by atomic mass is 16.5. The van der Waals surface area contributed by atoms with Gasteiger partial charge in [-0.3, -0.25) is 14.5 Å². The fourth-order valence-corrected chi connectivity index (χ4v) is 2.48. The van der Waals surface area contributed by atoms with Crippen LogP contribution < -0.4 is 10.1 Å². The van der Waals surface area contributed by atoms with Gasteiger partial charge in [-0.25, -0.2) is 0 Å². The Morgan fingerprint density at radius 1 is 1.48 bits per heavy atom. The van der Waals surface area contributed by atoms with Crippen LogP contribution in [0, 0.1) is 0 Å². The van der Waals surface area contributed by atoms with Gasteiger partial charge in [0.15, 0.2) is 5.78 Å². The van der Waals surface area contributed by atoms with E-state index >= 15 is 0 Å². The van der Waals surface area contributed by atoms with Crippen LogP contribution in [0.2, 0.25) is 0 Å². The lowest BCUT2D eigenvalue weighted by molar-refractivity contribution is -0.128. The Balaban J connectivity index is 2.25. The number of benzene rings is 1. The molecule has 2 rings (SSSR count). The average molecular weight is 290 g/mol. The first-order valence-corrected chi connectivity index (χ1v) is 7.31. The van der Waals surface area contributed by atoms with Gasteiger partial charge in [0.2, 0.25) is 5.91 Å². The van der Waals surface area contributed by atoms with Gasteiger partial charge in [-0.2, -0.15) is 0 Å². The predicted molar refractivity (Wildman–Crippen MR) is 80.5 cm³/mol. The molecule has 1 aliphatic heterocycles. The quantitative estimate of drug-likeness (QED) is 0.837. The van der Waals surface area contributed by atoms with Crippen molar-refractivity contribution >= 4 is 11.7 Å².